The van der Waals surface area contributed by atoms with Crippen LogP contribution in [-0.4, -0.2) is 44.8 Å². The first-order valence-corrected chi connectivity index (χ1v) is 8.35. The van der Waals surface area contributed by atoms with Gasteiger partial charge in [-0.05, 0) is 30.9 Å². The number of hydrogen-bond donors (Lipinski definition) is 0. The summed E-state index contributed by atoms with van der Waals surface area (Å²) < 4.78 is 5.56. The van der Waals surface area contributed by atoms with Crippen molar-refractivity contribution in [3.63, 3.8) is 0 Å². The number of pyridine rings is 1. The Bertz CT molecular complexity index is 631. The Morgan fingerprint density at radius 3 is 3.18 bits per heavy atom. The minimum Gasteiger partial charge on any atom is -0.411 e. The van der Waals surface area contributed by atoms with E-state index in [9.17, 15) is 4.79 Å². The molecule has 1 atom stereocenters. The van der Waals surface area contributed by atoms with Gasteiger partial charge in [0.1, 0.15) is 0 Å². The molecule has 3 rings (SSSR count). The molecule has 2 aromatic rings. The minimum atomic E-state index is 0.137. The Morgan fingerprint density at radius 1 is 1.50 bits per heavy atom. The lowest BCUT2D eigenvalue weighted by atomic mass is 10.0. The fourth-order valence-electron chi connectivity index (χ4n) is 2.50. The van der Waals surface area contributed by atoms with Gasteiger partial charge >= 0.3 is 0 Å². The molecule has 22 heavy (non-hydrogen) atoms. The summed E-state index contributed by atoms with van der Waals surface area (Å²) in [5.74, 6) is 1.48. The SMILES string of the molecule is C[C@@H]1CCCN(C(=O)CSc2nnc(-c3cccnc3)o2)C1. The van der Waals surface area contributed by atoms with Gasteiger partial charge in [-0.1, -0.05) is 18.7 Å². The fourth-order valence-corrected chi connectivity index (χ4v) is 3.17. The van der Waals surface area contributed by atoms with Gasteiger partial charge in [0.25, 0.3) is 5.22 Å². The highest BCUT2D eigenvalue weighted by Gasteiger charge is 2.21. The first-order chi connectivity index (χ1) is 10.7. The molecular formula is C15H18N4O2S. The number of aromatic nitrogens is 3. The maximum Gasteiger partial charge on any atom is 0.277 e. The number of carbonyl (C=O) groups is 1. The molecule has 0 spiro atoms. The Labute approximate surface area is 133 Å². The van der Waals surface area contributed by atoms with Crippen LogP contribution in [0.4, 0.5) is 0 Å². The lowest BCUT2D eigenvalue weighted by molar-refractivity contribution is -0.130. The topological polar surface area (TPSA) is 72.1 Å². The molecule has 1 aliphatic rings. The van der Waals surface area contributed by atoms with Crippen molar-refractivity contribution in [2.75, 3.05) is 18.8 Å². The largest absolute Gasteiger partial charge is 0.411 e. The first kappa shape index (κ1) is 15.0. The number of nitrogens with zero attached hydrogens (tertiary/aromatic N) is 4. The Morgan fingerprint density at radius 2 is 2.41 bits per heavy atom. The van der Waals surface area contributed by atoms with E-state index in [2.05, 4.69) is 22.1 Å². The van der Waals surface area contributed by atoms with Crippen molar-refractivity contribution in [3.05, 3.63) is 24.5 Å². The molecule has 0 aromatic carbocycles. The summed E-state index contributed by atoms with van der Waals surface area (Å²) in [6.45, 7) is 3.89. The predicted octanol–water partition coefficient (Wildman–Crippen LogP) is 2.48. The molecule has 6 nitrogen and oxygen atoms in total. The van der Waals surface area contributed by atoms with E-state index >= 15 is 0 Å². The number of likely N-dealkylation sites (tertiary alicyclic amines) is 1. The molecule has 7 heteroatoms. The average molecular weight is 318 g/mol. The minimum absolute atomic E-state index is 0.137. The van der Waals surface area contributed by atoms with Crippen molar-refractivity contribution >= 4 is 17.7 Å². The van der Waals surface area contributed by atoms with Gasteiger partial charge in [-0.15, -0.1) is 10.2 Å². The van der Waals surface area contributed by atoms with Crippen molar-refractivity contribution in [1.82, 2.24) is 20.1 Å². The van der Waals surface area contributed by atoms with Gasteiger partial charge < -0.3 is 9.32 Å². The molecule has 0 unspecified atom stereocenters. The molecule has 0 saturated carbocycles. The summed E-state index contributed by atoms with van der Waals surface area (Å²) >= 11 is 1.29. The molecule has 0 bridgehead atoms. The van der Waals surface area contributed by atoms with Crippen LogP contribution in [0.5, 0.6) is 0 Å². The molecule has 3 heterocycles. The number of amides is 1. The van der Waals surface area contributed by atoms with Crippen LogP contribution in [0.1, 0.15) is 19.8 Å². The molecule has 1 amide bonds. The smallest absolute Gasteiger partial charge is 0.277 e. The van der Waals surface area contributed by atoms with Crippen LogP contribution in [0.3, 0.4) is 0 Å². The molecular weight excluding hydrogens is 300 g/mol. The van der Waals surface area contributed by atoms with Crippen LogP contribution >= 0.6 is 11.8 Å². The summed E-state index contributed by atoms with van der Waals surface area (Å²) in [6.07, 6.45) is 5.65. The Kier molecular flexibility index (Phi) is 4.72. The molecule has 116 valence electrons. The van der Waals surface area contributed by atoms with Crippen molar-refractivity contribution in [1.29, 1.82) is 0 Å². The monoisotopic (exact) mass is 318 g/mol. The standard InChI is InChI=1S/C15H18N4O2S/c1-11-4-3-7-19(9-11)13(20)10-22-15-18-17-14(21-15)12-5-2-6-16-8-12/h2,5-6,8,11H,3-4,7,9-10H2,1H3/t11-/m1/s1. The average Bonchev–Trinajstić information content (AvgIpc) is 3.02. The van der Waals surface area contributed by atoms with Gasteiger partial charge in [0, 0.05) is 25.5 Å². The van der Waals surface area contributed by atoms with Gasteiger partial charge in [0.2, 0.25) is 11.8 Å². The summed E-state index contributed by atoms with van der Waals surface area (Å²) in [5, 5.41) is 8.37. The Balaban J connectivity index is 1.56. The van der Waals surface area contributed by atoms with E-state index < -0.39 is 0 Å². The molecule has 1 fully saturated rings. The molecule has 1 saturated heterocycles. The van der Waals surface area contributed by atoms with Crippen LogP contribution in [0, 0.1) is 5.92 Å². The van der Waals surface area contributed by atoms with Gasteiger partial charge in [0.15, 0.2) is 0 Å². The highest BCUT2D eigenvalue weighted by atomic mass is 32.2. The second-order valence-corrected chi connectivity index (χ2v) is 6.42. The second-order valence-electron chi connectivity index (χ2n) is 5.49. The zero-order valence-electron chi connectivity index (χ0n) is 12.4. The highest BCUT2D eigenvalue weighted by Crippen LogP contribution is 2.23. The third-order valence-corrected chi connectivity index (χ3v) is 4.45. The van der Waals surface area contributed by atoms with Crippen molar-refractivity contribution < 1.29 is 9.21 Å². The van der Waals surface area contributed by atoms with E-state index in [1.165, 1.54) is 18.2 Å². The maximum absolute atomic E-state index is 12.2. The normalized spacial score (nSPS) is 18.4. The third kappa shape index (κ3) is 3.65. The van der Waals surface area contributed by atoms with E-state index in [0.717, 1.165) is 25.1 Å². The van der Waals surface area contributed by atoms with Gasteiger partial charge in [0.05, 0.1) is 11.3 Å². The van der Waals surface area contributed by atoms with Crippen LogP contribution < -0.4 is 0 Å². The second kappa shape index (κ2) is 6.91. The molecule has 1 aliphatic heterocycles. The first-order valence-electron chi connectivity index (χ1n) is 7.37. The number of thioether (sulfide) groups is 1. The molecule has 0 aliphatic carbocycles. The van der Waals surface area contributed by atoms with Crippen LogP contribution in [-0.2, 0) is 4.79 Å². The maximum atomic E-state index is 12.2. The van der Waals surface area contributed by atoms with Gasteiger partial charge in [-0.3, -0.25) is 9.78 Å². The summed E-state index contributed by atoms with van der Waals surface area (Å²) in [4.78, 5) is 18.1. The summed E-state index contributed by atoms with van der Waals surface area (Å²) in [5.41, 5.74) is 0.776. The molecule has 0 N–H and O–H groups in total. The highest BCUT2D eigenvalue weighted by molar-refractivity contribution is 7.99. The number of piperidine rings is 1. The van der Waals surface area contributed by atoms with Crippen molar-refractivity contribution in [2.45, 2.75) is 25.0 Å². The third-order valence-electron chi connectivity index (χ3n) is 3.64. The quantitative estimate of drug-likeness (QED) is 0.807. The summed E-state index contributed by atoms with van der Waals surface area (Å²) in [7, 11) is 0. The van der Waals surface area contributed by atoms with E-state index in [0.29, 0.717) is 22.8 Å². The van der Waals surface area contributed by atoms with Crippen LogP contribution in [0.25, 0.3) is 11.5 Å². The molecule has 2 aromatic heterocycles. The van der Waals surface area contributed by atoms with E-state index in [1.54, 1.807) is 12.4 Å². The lowest BCUT2D eigenvalue weighted by Gasteiger charge is -2.30. The Hall–Kier alpha value is -1.89. The number of carbonyl (C=O) groups excluding carboxylic acids is 1. The zero-order chi connectivity index (χ0) is 15.4. The van der Waals surface area contributed by atoms with Crippen LogP contribution in [0.2, 0.25) is 0 Å². The predicted molar refractivity (Wildman–Crippen MR) is 83.2 cm³/mol. The number of hydrogen-bond acceptors (Lipinski definition) is 6. The van der Waals surface area contributed by atoms with Crippen molar-refractivity contribution in [3.8, 4) is 11.5 Å². The zero-order valence-corrected chi connectivity index (χ0v) is 13.3. The number of rotatable bonds is 4. The van der Waals surface area contributed by atoms with Gasteiger partial charge in [-0.2, -0.15) is 0 Å². The van der Waals surface area contributed by atoms with E-state index in [4.69, 9.17) is 4.42 Å². The lowest BCUT2D eigenvalue weighted by Crippen LogP contribution is -2.40. The van der Waals surface area contributed by atoms with Gasteiger partial charge in [-0.25, -0.2) is 0 Å². The molecule has 0 radical (unpaired) electrons. The van der Waals surface area contributed by atoms with Crippen LogP contribution in [0.15, 0.2) is 34.2 Å². The fraction of sp³-hybridized carbons (Fsp3) is 0.467. The van der Waals surface area contributed by atoms with Crippen molar-refractivity contribution in [2.24, 2.45) is 5.92 Å². The van der Waals surface area contributed by atoms with E-state index in [-0.39, 0.29) is 5.91 Å². The van der Waals surface area contributed by atoms with E-state index in [1.807, 2.05) is 17.0 Å². The summed E-state index contributed by atoms with van der Waals surface area (Å²) in [6, 6.07) is 3.67.